The van der Waals surface area contributed by atoms with E-state index >= 15 is 4.39 Å². The van der Waals surface area contributed by atoms with Crippen LogP contribution < -0.4 is 15.4 Å². The summed E-state index contributed by atoms with van der Waals surface area (Å²) in [7, 11) is 4.19. The number of nitrogens with two attached hydrogens (primary N) is 1. The number of thiophene rings is 1. The minimum absolute atomic E-state index is 0.0831. The Kier molecular flexibility index (Phi) is 6.20. The standard InChI is InChI=1S/C30H30F2N8O2S/c1-38-9-15-6-16(10-38)40(15)29-23-19-13-41-12-18(19)21(25-22-17(7-33)28(34)43-27(22)20(31)8-35-25)24(32)26(23)36-30(37-29)42-11-14-4-3-5-39(14)2/h8,14-16H,3-6,9-13,34H2,1-2H3/t14-,15?,16?/m0/s1. The molecule has 8 heterocycles. The highest BCUT2D eigenvalue weighted by Gasteiger charge is 2.46. The SMILES string of the molecule is CN1CC2CC(C1)N2c1nc(OC[C@@H]2CCCN2C)nc2c(F)c(-c3ncc(F)c4sc(N)c(C#N)c34)c3c(c12)COC3. The number of halogens is 2. The maximum absolute atomic E-state index is 17.1. The number of likely N-dealkylation sites (N-methyl/N-ethyl adjacent to an activating group) is 2. The van der Waals surface area contributed by atoms with Crippen LogP contribution in [0, 0.1) is 23.0 Å². The van der Waals surface area contributed by atoms with E-state index in [0.717, 1.165) is 62.0 Å². The third kappa shape index (κ3) is 4.00. The van der Waals surface area contributed by atoms with Crippen LogP contribution in [0.4, 0.5) is 19.6 Å². The number of nitriles is 1. The number of piperazine rings is 1. The van der Waals surface area contributed by atoms with E-state index in [-0.39, 0.29) is 74.8 Å². The van der Waals surface area contributed by atoms with Gasteiger partial charge >= 0.3 is 6.01 Å². The van der Waals surface area contributed by atoms with Gasteiger partial charge in [-0.25, -0.2) is 8.78 Å². The molecule has 4 fully saturated rings. The lowest BCUT2D eigenvalue weighted by molar-refractivity contribution is 0.134. The summed E-state index contributed by atoms with van der Waals surface area (Å²) >= 11 is 0.956. The lowest BCUT2D eigenvalue weighted by atomic mass is 9.86. The summed E-state index contributed by atoms with van der Waals surface area (Å²) < 4.78 is 44.3. The van der Waals surface area contributed by atoms with E-state index in [1.807, 2.05) is 0 Å². The summed E-state index contributed by atoms with van der Waals surface area (Å²) in [6.45, 7) is 3.56. The smallest absolute Gasteiger partial charge is 0.319 e. The number of ether oxygens (including phenoxy) is 2. The summed E-state index contributed by atoms with van der Waals surface area (Å²) in [5, 5.41) is 10.9. The van der Waals surface area contributed by atoms with Crippen molar-refractivity contribution in [2.75, 3.05) is 51.0 Å². The quantitative estimate of drug-likeness (QED) is 0.358. The molecule has 0 spiro atoms. The summed E-state index contributed by atoms with van der Waals surface area (Å²) in [5.41, 5.74) is 7.98. The molecule has 2 unspecified atom stereocenters. The van der Waals surface area contributed by atoms with Gasteiger partial charge in [0.25, 0.3) is 0 Å². The summed E-state index contributed by atoms with van der Waals surface area (Å²) in [4.78, 5) is 20.8. The molecule has 0 amide bonds. The zero-order valence-electron chi connectivity index (χ0n) is 23.9. The monoisotopic (exact) mass is 604 g/mol. The van der Waals surface area contributed by atoms with Crippen LogP contribution in [0.1, 0.15) is 36.0 Å². The largest absolute Gasteiger partial charge is 0.462 e. The number of nitrogen functional groups attached to an aromatic ring is 1. The number of hydrogen-bond donors (Lipinski definition) is 1. The maximum atomic E-state index is 17.1. The number of fused-ring (bicyclic) bond motifs is 6. The van der Waals surface area contributed by atoms with Crippen LogP contribution in [0.2, 0.25) is 0 Å². The molecular weight excluding hydrogens is 574 g/mol. The number of nitrogens with zero attached hydrogens (tertiary/aromatic N) is 7. The summed E-state index contributed by atoms with van der Waals surface area (Å²) in [6.07, 6.45) is 4.21. The Morgan fingerprint density at radius 1 is 1.16 bits per heavy atom. The molecule has 43 heavy (non-hydrogen) atoms. The second-order valence-electron chi connectivity index (χ2n) is 12.1. The van der Waals surface area contributed by atoms with Crippen molar-refractivity contribution in [3.05, 3.63) is 34.5 Å². The molecule has 4 aromatic rings. The zero-order chi connectivity index (χ0) is 29.6. The van der Waals surface area contributed by atoms with Gasteiger partial charge in [-0.15, -0.1) is 11.3 Å². The summed E-state index contributed by atoms with van der Waals surface area (Å²) in [6, 6.07) is 2.93. The molecule has 1 aromatic carbocycles. The Morgan fingerprint density at radius 3 is 2.70 bits per heavy atom. The number of benzene rings is 1. The number of rotatable bonds is 5. The Labute approximate surface area is 250 Å². The predicted octanol–water partition coefficient (Wildman–Crippen LogP) is 4.03. The van der Waals surface area contributed by atoms with E-state index < -0.39 is 11.6 Å². The van der Waals surface area contributed by atoms with Gasteiger partial charge in [0.15, 0.2) is 11.6 Å². The third-order valence-electron chi connectivity index (χ3n) is 9.50. The number of aromatic nitrogens is 3. The van der Waals surface area contributed by atoms with Crippen molar-refractivity contribution in [2.24, 2.45) is 0 Å². The first-order valence-electron chi connectivity index (χ1n) is 14.5. The molecule has 2 bridgehead atoms. The highest BCUT2D eigenvalue weighted by Crippen LogP contribution is 2.48. The molecule has 3 aromatic heterocycles. The van der Waals surface area contributed by atoms with E-state index in [2.05, 4.69) is 44.8 Å². The minimum Gasteiger partial charge on any atom is -0.462 e. The van der Waals surface area contributed by atoms with Gasteiger partial charge < -0.3 is 29.9 Å². The molecule has 0 saturated carbocycles. The van der Waals surface area contributed by atoms with Gasteiger partial charge in [-0.1, -0.05) is 0 Å². The molecule has 2 N–H and O–H groups in total. The maximum Gasteiger partial charge on any atom is 0.319 e. The molecule has 222 valence electrons. The average molecular weight is 605 g/mol. The van der Waals surface area contributed by atoms with Gasteiger partial charge in [0, 0.05) is 42.2 Å². The van der Waals surface area contributed by atoms with Crippen molar-refractivity contribution in [1.29, 1.82) is 5.26 Å². The number of piperidine rings is 1. The van der Waals surface area contributed by atoms with Crippen molar-refractivity contribution in [3.63, 3.8) is 0 Å². The Hall–Kier alpha value is -3.70. The molecule has 13 heteroatoms. The van der Waals surface area contributed by atoms with Crippen LogP contribution in [-0.4, -0.2) is 83.2 Å². The van der Waals surface area contributed by atoms with Gasteiger partial charge in [0.1, 0.15) is 29.0 Å². The van der Waals surface area contributed by atoms with Gasteiger partial charge in [-0.2, -0.15) is 15.2 Å². The average Bonchev–Trinajstić information content (AvgIpc) is 3.71. The van der Waals surface area contributed by atoms with Gasteiger partial charge in [0.2, 0.25) is 0 Å². The Morgan fingerprint density at radius 2 is 1.95 bits per heavy atom. The van der Waals surface area contributed by atoms with Crippen LogP contribution in [-0.2, 0) is 18.0 Å². The van der Waals surface area contributed by atoms with Crippen LogP contribution in [0.3, 0.4) is 0 Å². The number of hydrogen-bond acceptors (Lipinski definition) is 11. The first-order valence-corrected chi connectivity index (χ1v) is 15.3. The summed E-state index contributed by atoms with van der Waals surface area (Å²) in [5.74, 6) is -0.573. The van der Waals surface area contributed by atoms with Crippen LogP contribution in [0.25, 0.3) is 32.2 Å². The highest BCUT2D eigenvalue weighted by atomic mass is 32.1. The molecular formula is C30H30F2N8O2S. The molecule has 0 aliphatic carbocycles. The van der Waals surface area contributed by atoms with Crippen LogP contribution >= 0.6 is 11.3 Å². The molecule has 5 aliphatic heterocycles. The topological polar surface area (TPSA) is 117 Å². The highest BCUT2D eigenvalue weighted by molar-refractivity contribution is 7.23. The van der Waals surface area contributed by atoms with Gasteiger partial charge in [-0.3, -0.25) is 4.98 Å². The van der Waals surface area contributed by atoms with E-state index in [4.69, 9.17) is 20.2 Å². The first kappa shape index (κ1) is 26.9. The molecule has 4 saturated heterocycles. The van der Waals surface area contributed by atoms with E-state index in [0.29, 0.717) is 23.4 Å². The lowest BCUT2D eigenvalue weighted by Crippen LogP contribution is -2.68. The van der Waals surface area contributed by atoms with Gasteiger partial charge in [0.05, 0.1) is 40.8 Å². The van der Waals surface area contributed by atoms with Crippen molar-refractivity contribution in [2.45, 2.75) is 50.6 Å². The second-order valence-corrected chi connectivity index (χ2v) is 13.1. The fourth-order valence-electron chi connectivity index (χ4n) is 7.40. The normalized spacial score (nSPS) is 23.6. The lowest BCUT2D eigenvalue weighted by Gasteiger charge is -2.56. The molecule has 0 radical (unpaired) electrons. The van der Waals surface area contributed by atoms with Gasteiger partial charge in [-0.05, 0) is 51.0 Å². The molecule has 5 aliphatic rings. The van der Waals surface area contributed by atoms with Crippen LogP contribution in [0.5, 0.6) is 6.01 Å². The second kappa shape index (κ2) is 9.92. The Bertz CT molecular complexity index is 1850. The van der Waals surface area contributed by atoms with Crippen LogP contribution in [0.15, 0.2) is 6.20 Å². The van der Waals surface area contributed by atoms with Crippen molar-refractivity contribution in [1.82, 2.24) is 24.8 Å². The third-order valence-corrected chi connectivity index (χ3v) is 10.5. The van der Waals surface area contributed by atoms with E-state index in [1.165, 1.54) is 0 Å². The predicted molar refractivity (Wildman–Crippen MR) is 159 cm³/mol. The molecule has 3 atom stereocenters. The number of pyridine rings is 1. The zero-order valence-corrected chi connectivity index (χ0v) is 24.7. The fourth-order valence-corrected chi connectivity index (χ4v) is 8.33. The van der Waals surface area contributed by atoms with Crippen molar-refractivity contribution >= 4 is 43.1 Å². The number of likely N-dealkylation sites (tertiary alicyclic amines) is 1. The Balaban J connectivity index is 1.36. The van der Waals surface area contributed by atoms with E-state index in [1.54, 1.807) is 0 Å². The minimum atomic E-state index is -0.623. The van der Waals surface area contributed by atoms with Crippen molar-refractivity contribution in [3.8, 4) is 23.3 Å². The first-order chi connectivity index (χ1) is 20.8. The van der Waals surface area contributed by atoms with E-state index in [9.17, 15) is 9.65 Å². The van der Waals surface area contributed by atoms with Crippen molar-refractivity contribution < 1.29 is 18.3 Å². The number of anilines is 2. The fraction of sp³-hybridized carbons (Fsp3) is 0.467. The molecule has 9 rings (SSSR count). The molecule has 10 nitrogen and oxygen atoms in total.